The maximum atomic E-state index is 5.34. The number of anilines is 1. The van der Waals surface area contributed by atoms with Gasteiger partial charge in [-0.3, -0.25) is 0 Å². The van der Waals surface area contributed by atoms with Crippen molar-refractivity contribution in [1.29, 1.82) is 0 Å². The summed E-state index contributed by atoms with van der Waals surface area (Å²) < 4.78 is 6.93. The van der Waals surface area contributed by atoms with Crippen molar-refractivity contribution >= 4 is 5.95 Å². The fraction of sp³-hybridized carbons (Fsp3) is 0.231. The molecule has 7 nitrogen and oxygen atoms in total. The van der Waals surface area contributed by atoms with Gasteiger partial charge in [-0.15, -0.1) is 0 Å². The lowest BCUT2D eigenvalue weighted by atomic mass is 10.4. The molecule has 0 amide bonds. The lowest BCUT2D eigenvalue weighted by Crippen LogP contribution is -2.10. The third-order valence-corrected chi connectivity index (χ3v) is 2.61. The van der Waals surface area contributed by atoms with Crippen LogP contribution in [0.1, 0.15) is 13.3 Å². The van der Waals surface area contributed by atoms with Crippen LogP contribution in [-0.4, -0.2) is 31.3 Å². The normalized spacial score (nSPS) is 10.7. The number of nitrogens with one attached hydrogen (secondary N) is 1. The first-order valence-corrected chi connectivity index (χ1v) is 6.40. The van der Waals surface area contributed by atoms with E-state index in [2.05, 4.69) is 32.3 Å². The van der Waals surface area contributed by atoms with E-state index >= 15 is 0 Å². The van der Waals surface area contributed by atoms with Crippen molar-refractivity contribution in [3.63, 3.8) is 0 Å². The number of rotatable bonds is 5. The second-order valence-corrected chi connectivity index (χ2v) is 4.14. The van der Waals surface area contributed by atoms with Gasteiger partial charge in [0.1, 0.15) is 0 Å². The van der Waals surface area contributed by atoms with Gasteiger partial charge in [-0.2, -0.15) is 20.1 Å². The zero-order valence-corrected chi connectivity index (χ0v) is 11.0. The lowest BCUT2D eigenvalue weighted by Gasteiger charge is -2.07. The SMILES string of the molecule is CCCNc1nc(-c2ccco2)nc(-n2cccn2)n1. The standard InChI is InChI=1S/C13H14N6O/c1-2-6-14-12-16-11(10-5-3-9-20-10)17-13(18-12)19-8-4-7-15-19/h3-5,7-9H,2,6H2,1H3,(H,14,16,17,18). The Bertz CT molecular complexity index is 610. The number of aromatic nitrogens is 5. The highest BCUT2D eigenvalue weighted by atomic mass is 16.3. The molecule has 0 aliphatic carbocycles. The zero-order valence-electron chi connectivity index (χ0n) is 11.0. The fourth-order valence-electron chi connectivity index (χ4n) is 1.69. The highest BCUT2D eigenvalue weighted by Gasteiger charge is 2.11. The molecule has 0 radical (unpaired) electrons. The molecule has 1 N–H and O–H groups in total. The molecule has 0 bridgehead atoms. The number of furan rings is 1. The van der Waals surface area contributed by atoms with Crippen molar-refractivity contribution in [2.45, 2.75) is 13.3 Å². The van der Waals surface area contributed by atoms with Gasteiger partial charge in [-0.1, -0.05) is 6.92 Å². The topological polar surface area (TPSA) is 81.7 Å². The summed E-state index contributed by atoms with van der Waals surface area (Å²) in [6.07, 6.45) is 6.03. The molecule has 0 fully saturated rings. The second kappa shape index (κ2) is 5.52. The smallest absolute Gasteiger partial charge is 0.256 e. The Labute approximate surface area is 115 Å². The van der Waals surface area contributed by atoms with E-state index in [1.54, 1.807) is 29.4 Å². The molecule has 0 aliphatic heterocycles. The van der Waals surface area contributed by atoms with E-state index in [4.69, 9.17) is 4.42 Å². The van der Waals surface area contributed by atoms with Gasteiger partial charge in [0.05, 0.1) is 6.26 Å². The third kappa shape index (κ3) is 2.51. The summed E-state index contributed by atoms with van der Waals surface area (Å²) in [6.45, 7) is 2.87. The molecule has 7 heteroatoms. The molecular weight excluding hydrogens is 256 g/mol. The summed E-state index contributed by atoms with van der Waals surface area (Å²) in [5, 5.41) is 7.29. The summed E-state index contributed by atoms with van der Waals surface area (Å²) in [6, 6.07) is 5.42. The van der Waals surface area contributed by atoms with Crippen molar-refractivity contribution in [2.75, 3.05) is 11.9 Å². The van der Waals surface area contributed by atoms with Crippen LogP contribution in [-0.2, 0) is 0 Å². The summed E-state index contributed by atoms with van der Waals surface area (Å²) in [7, 11) is 0. The average molecular weight is 270 g/mol. The molecule has 3 aromatic heterocycles. The van der Waals surface area contributed by atoms with Crippen molar-refractivity contribution in [1.82, 2.24) is 24.7 Å². The Hall–Kier alpha value is -2.70. The van der Waals surface area contributed by atoms with E-state index in [1.165, 1.54) is 0 Å². The Kier molecular flexibility index (Phi) is 3.40. The van der Waals surface area contributed by atoms with Crippen LogP contribution < -0.4 is 5.32 Å². The van der Waals surface area contributed by atoms with Crippen molar-refractivity contribution in [3.05, 3.63) is 36.9 Å². The van der Waals surface area contributed by atoms with Crippen LogP contribution in [0.2, 0.25) is 0 Å². The summed E-state index contributed by atoms with van der Waals surface area (Å²) in [5.41, 5.74) is 0. The molecule has 0 spiro atoms. The van der Waals surface area contributed by atoms with E-state index in [1.807, 2.05) is 12.1 Å². The molecule has 3 aromatic rings. The molecule has 3 heterocycles. The minimum atomic E-state index is 0.454. The van der Waals surface area contributed by atoms with Gasteiger partial charge in [-0.25, -0.2) is 4.68 Å². The van der Waals surface area contributed by atoms with Gasteiger partial charge in [0.25, 0.3) is 5.95 Å². The fourth-order valence-corrected chi connectivity index (χ4v) is 1.69. The summed E-state index contributed by atoms with van der Waals surface area (Å²) >= 11 is 0. The predicted molar refractivity (Wildman–Crippen MR) is 73.4 cm³/mol. The van der Waals surface area contributed by atoms with E-state index < -0.39 is 0 Å². The quantitative estimate of drug-likeness (QED) is 0.765. The minimum Gasteiger partial charge on any atom is -0.461 e. The second-order valence-electron chi connectivity index (χ2n) is 4.14. The van der Waals surface area contributed by atoms with Crippen LogP contribution in [0.3, 0.4) is 0 Å². The van der Waals surface area contributed by atoms with E-state index in [0.29, 0.717) is 23.5 Å². The maximum absolute atomic E-state index is 5.34. The molecule has 20 heavy (non-hydrogen) atoms. The molecule has 0 saturated carbocycles. The van der Waals surface area contributed by atoms with Gasteiger partial charge in [-0.05, 0) is 24.6 Å². The molecule has 102 valence electrons. The highest BCUT2D eigenvalue weighted by Crippen LogP contribution is 2.17. The minimum absolute atomic E-state index is 0.454. The van der Waals surface area contributed by atoms with Crippen LogP contribution in [0.15, 0.2) is 41.3 Å². The van der Waals surface area contributed by atoms with Gasteiger partial charge in [0.15, 0.2) is 5.76 Å². The van der Waals surface area contributed by atoms with Crippen LogP contribution in [0.25, 0.3) is 17.5 Å². The van der Waals surface area contributed by atoms with E-state index in [9.17, 15) is 0 Å². The average Bonchev–Trinajstić information content (AvgIpc) is 3.17. The van der Waals surface area contributed by atoms with Gasteiger partial charge < -0.3 is 9.73 Å². The predicted octanol–water partition coefficient (Wildman–Crippen LogP) is 2.14. The van der Waals surface area contributed by atoms with Gasteiger partial charge >= 0.3 is 0 Å². The Morgan fingerprint density at radius 3 is 2.90 bits per heavy atom. The number of nitrogens with zero attached hydrogens (tertiary/aromatic N) is 5. The van der Waals surface area contributed by atoms with Crippen LogP contribution in [0, 0.1) is 0 Å². The van der Waals surface area contributed by atoms with Crippen LogP contribution >= 0.6 is 0 Å². The Balaban J connectivity index is 2.03. The van der Waals surface area contributed by atoms with Crippen molar-refractivity contribution in [2.24, 2.45) is 0 Å². The first-order valence-electron chi connectivity index (χ1n) is 6.40. The lowest BCUT2D eigenvalue weighted by molar-refractivity contribution is 0.576. The molecular formula is C13H14N6O. The third-order valence-electron chi connectivity index (χ3n) is 2.61. The van der Waals surface area contributed by atoms with E-state index in [0.717, 1.165) is 13.0 Å². The largest absolute Gasteiger partial charge is 0.461 e. The van der Waals surface area contributed by atoms with Crippen LogP contribution in [0.4, 0.5) is 5.95 Å². The van der Waals surface area contributed by atoms with Gasteiger partial charge in [0, 0.05) is 18.9 Å². The summed E-state index contributed by atoms with van der Waals surface area (Å²) in [4.78, 5) is 13.1. The van der Waals surface area contributed by atoms with Crippen LogP contribution in [0.5, 0.6) is 0 Å². The van der Waals surface area contributed by atoms with E-state index in [-0.39, 0.29) is 0 Å². The molecule has 3 rings (SSSR count). The summed E-state index contributed by atoms with van der Waals surface area (Å²) in [5.74, 6) is 2.04. The molecule has 0 saturated heterocycles. The Morgan fingerprint density at radius 2 is 2.20 bits per heavy atom. The molecule has 0 aliphatic rings. The first kappa shape index (κ1) is 12.3. The molecule has 0 atom stereocenters. The maximum Gasteiger partial charge on any atom is 0.256 e. The van der Waals surface area contributed by atoms with Gasteiger partial charge in [0.2, 0.25) is 11.8 Å². The number of hydrogen-bond acceptors (Lipinski definition) is 6. The highest BCUT2D eigenvalue weighted by molar-refractivity contribution is 5.49. The monoisotopic (exact) mass is 270 g/mol. The molecule has 0 unspecified atom stereocenters. The number of hydrogen-bond donors (Lipinski definition) is 1. The van der Waals surface area contributed by atoms with Crippen molar-refractivity contribution < 1.29 is 4.42 Å². The van der Waals surface area contributed by atoms with Crippen molar-refractivity contribution in [3.8, 4) is 17.5 Å². The zero-order chi connectivity index (χ0) is 13.8. The first-order chi connectivity index (χ1) is 9.86. The molecule has 0 aromatic carbocycles. The Morgan fingerprint density at radius 1 is 1.25 bits per heavy atom.